The number of rotatable bonds is 5. The Balaban J connectivity index is 2.29. The van der Waals surface area contributed by atoms with Crippen LogP contribution >= 0.6 is 11.6 Å². The van der Waals surface area contributed by atoms with Crippen molar-refractivity contribution in [2.45, 2.75) is 46.0 Å². The van der Waals surface area contributed by atoms with Crippen molar-refractivity contribution < 1.29 is 0 Å². The van der Waals surface area contributed by atoms with Gasteiger partial charge in [0.15, 0.2) is 0 Å². The summed E-state index contributed by atoms with van der Waals surface area (Å²) in [4.78, 5) is 0. The van der Waals surface area contributed by atoms with Gasteiger partial charge < -0.3 is 5.32 Å². The average Bonchev–Trinajstić information content (AvgIpc) is 2.26. The van der Waals surface area contributed by atoms with Crippen molar-refractivity contribution in [3.63, 3.8) is 0 Å². The predicted octanol–water partition coefficient (Wildman–Crippen LogP) is 3.73. The Labute approximate surface area is 99.3 Å². The topological polar surface area (TPSA) is 12.0 Å². The van der Waals surface area contributed by atoms with Crippen molar-refractivity contribution in [2.24, 2.45) is 5.41 Å². The third-order valence-corrected chi connectivity index (χ3v) is 3.92. The van der Waals surface area contributed by atoms with E-state index in [-0.39, 0.29) is 0 Å². The minimum Gasteiger partial charge on any atom is -0.313 e. The van der Waals surface area contributed by atoms with Gasteiger partial charge in [0.25, 0.3) is 0 Å². The van der Waals surface area contributed by atoms with Gasteiger partial charge in [-0.25, -0.2) is 0 Å². The van der Waals surface area contributed by atoms with E-state index in [1.54, 1.807) is 0 Å². The molecule has 0 heterocycles. The number of halogens is 1. The molecular weight excluding hydrogens is 206 g/mol. The molecule has 0 aromatic rings. The molecule has 2 heteroatoms. The number of allylic oxidation sites excluding steroid dienone is 1. The molecule has 0 amide bonds. The van der Waals surface area contributed by atoms with E-state index >= 15 is 0 Å². The SMILES string of the molecule is CC(C)=CCNCC1(CCl)CCCCC1. The van der Waals surface area contributed by atoms with Crippen LogP contribution < -0.4 is 5.32 Å². The molecule has 0 unspecified atom stereocenters. The van der Waals surface area contributed by atoms with E-state index in [0.29, 0.717) is 5.41 Å². The van der Waals surface area contributed by atoms with Gasteiger partial charge >= 0.3 is 0 Å². The lowest BCUT2D eigenvalue weighted by molar-refractivity contribution is 0.215. The lowest BCUT2D eigenvalue weighted by Gasteiger charge is -2.35. The fourth-order valence-corrected chi connectivity index (χ4v) is 2.63. The lowest BCUT2D eigenvalue weighted by atomic mass is 9.75. The largest absolute Gasteiger partial charge is 0.313 e. The normalized spacial score (nSPS) is 19.9. The molecule has 1 aliphatic rings. The third kappa shape index (κ3) is 4.56. The van der Waals surface area contributed by atoms with E-state index in [1.807, 2.05) is 0 Å². The molecule has 1 saturated carbocycles. The molecule has 0 spiro atoms. The van der Waals surface area contributed by atoms with Crippen molar-refractivity contribution in [3.05, 3.63) is 11.6 Å². The highest BCUT2D eigenvalue weighted by Crippen LogP contribution is 2.36. The Hall–Kier alpha value is -0.0100. The molecule has 88 valence electrons. The van der Waals surface area contributed by atoms with Crippen LogP contribution in [-0.2, 0) is 0 Å². The lowest BCUT2D eigenvalue weighted by Crippen LogP contribution is -2.37. The van der Waals surface area contributed by atoms with Crippen LogP contribution in [0.5, 0.6) is 0 Å². The van der Waals surface area contributed by atoms with E-state index in [0.717, 1.165) is 19.0 Å². The number of hydrogen-bond donors (Lipinski definition) is 1. The summed E-state index contributed by atoms with van der Waals surface area (Å²) in [5, 5.41) is 3.52. The van der Waals surface area contributed by atoms with E-state index in [9.17, 15) is 0 Å². The average molecular weight is 230 g/mol. The summed E-state index contributed by atoms with van der Waals surface area (Å²) in [7, 11) is 0. The van der Waals surface area contributed by atoms with Crippen LogP contribution in [0.15, 0.2) is 11.6 Å². The minimum atomic E-state index is 0.384. The summed E-state index contributed by atoms with van der Waals surface area (Å²) >= 11 is 6.12. The molecule has 0 bridgehead atoms. The first-order chi connectivity index (χ1) is 7.18. The van der Waals surface area contributed by atoms with Gasteiger partial charge in [-0.3, -0.25) is 0 Å². The van der Waals surface area contributed by atoms with E-state index in [4.69, 9.17) is 11.6 Å². The van der Waals surface area contributed by atoms with Crippen molar-refractivity contribution >= 4 is 11.6 Å². The van der Waals surface area contributed by atoms with Gasteiger partial charge in [0.1, 0.15) is 0 Å². The van der Waals surface area contributed by atoms with Gasteiger partial charge in [0.05, 0.1) is 0 Å². The van der Waals surface area contributed by atoms with Gasteiger partial charge in [-0.1, -0.05) is 30.9 Å². The molecule has 1 aliphatic carbocycles. The van der Waals surface area contributed by atoms with Crippen LogP contribution in [0.25, 0.3) is 0 Å². The minimum absolute atomic E-state index is 0.384. The second-order valence-corrected chi connectivity index (χ2v) is 5.37. The van der Waals surface area contributed by atoms with Crippen LogP contribution in [0.3, 0.4) is 0 Å². The first kappa shape index (κ1) is 13.1. The zero-order chi connectivity index (χ0) is 11.1. The second kappa shape index (κ2) is 6.55. The van der Waals surface area contributed by atoms with Crippen molar-refractivity contribution in [3.8, 4) is 0 Å². The van der Waals surface area contributed by atoms with Gasteiger partial charge in [-0.05, 0) is 32.1 Å². The first-order valence-corrected chi connectivity index (χ1v) is 6.62. The highest BCUT2D eigenvalue weighted by Gasteiger charge is 2.30. The molecule has 0 aromatic carbocycles. The van der Waals surface area contributed by atoms with Gasteiger partial charge in [-0.15, -0.1) is 11.6 Å². The highest BCUT2D eigenvalue weighted by molar-refractivity contribution is 6.18. The summed E-state index contributed by atoms with van der Waals surface area (Å²) in [6.07, 6.45) is 8.96. The molecule has 1 nitrogen and oxygen atoms in total. The van der Waals surface area contributed by atoms with Crippen LogP contribution in [0.4, 0.5) is 0 Å². The molecule has 0 atom stereocenters. The summed E-state index contributed by atoms with van der Waals surface area (Å²) in [5.41, 5.74) is 1.76. The molecule has 0 aromatic heterocycles. The number of nitrogens with one attached hydrogen (secondary N) is 1. The van der Waals surface area contributed by atoms with Crippen LogP contribution in [-0.4, -0.2) is 19.0 Å². The van der Waals surface area contributed by atoms with E-state index in [2.05, 4.69) is 25.2 Å². The maximum atomic E-state index is 6.12. The standard InChI is InChI=1S/C13H24ClN/c1-12(2)6-9-15-11-13(10-14)7-4-3-5-8-13/h6,15H,3-5,7-11H2,1-2H3. The summed E-state index contributed by atoms with van der Waals surface area (Å²) in [5.74, 6) is 0.814. The Bertz CT molecular complexity index is 201. The molecule has 0 saturated heterocycles. The maximum Gasteiger partial charge on any atom is 0.0292 e. The van der Waals surface area contributed by atoms with E-state index in [1.165, 1.54) is 37.7 Å². The molecular formula is C13H24ClN. The summed E-state index contributed by atoms with van der Waals surface area (Å²) < 4.78 is 0. The maximum absolute atomic E-state index is 6.12. The zero-order valence-corrected chi connectivity index (χ0v) is 10.9. The Morgan fingerprint density at radius 2 is 1.93 bits per heavy atom. The summed E-state index contributed by atoms with van der Waals surface area (Å²) in [6, 6.07) is 0. The molecule has 1 fully saturated rings. The van der Waals surface area contributed by atoms with Crippen LogP contribution in [0, 0.1) is 5.41 Å². The number of alkyl halides is 1. The molecule has 0 aliphatic heterocycles. The predicted molar refractivity (Wildman–Crippen MR) is 68.5 cm³/mol. The van der Waals surface area contributed by atoms with Gasteiger partial charge in [0, 0.05) is 19.0 Å². The van der Waals surface area contributed by atoms with E-state index < -0.39 is 0 Å². The Morgan fingerprint density at radius 1 is 1.27 bits per heavy atom. The fraction of sp³-hybridized carbons (Fsp3) is 0.846. The third-order valence-electron chi connectivity index (χ3n) is 3.35. The smallest absolute Gasteiger partial charge is 0.0292 e. The van der Waals surface area contributed by atoms with Crippen molar-refractivity contribution in [1.82, 2.24) is 5.32 Å². The monoisotopic (exact) mass is 229 g/mol. The van der Waals surface area contributed by atoms with Gasteiger partial charge in [0.2, 0.25) is 0 Å². The molecule has 1 N–H and O–H groups in total. The van der Waals surface area contributed by atoms with Crippen LogP contribution in [0.2, 0.25) is 0 Å². The fourth-order valence-electron chi connectivity index (χ4n) is 2.27. The Kier molecular flexibility index (Phi) is 5.70. The summed E-state index contributed by atoms with van der Waals surface area (Å²) in [6.45, 7) is 6.35. The molecule has 15 heavy (non-hydrogen) atoms. The highest BCUT2D eigenvalue weighted by atomic mass is 35.5. The quantitative estimate of drug-likeness (QED) is 0.430. The van der Waals surface area contributed by atoms with Gasteiger partial charge in [-0.2, -0.15) is 0 Å². The van der Waals surface area contributed by atoms with Crippen molar-refractivity contribution in [1.29, 1.82) is 0 Å². The first-order valence-electron chi connectivity index (χ1n) is 6.09. The Morgan fingerprint density at radius 3 is 2.47 bits per heavy atom. The second-order valence-electron chi connectivity index (χ2n) is 5.11. The molecule has 1 rings (SSSR count). The van der Waals surface area contributed by atoms with Crippen molar-refractivity contribution in [2.75, 3.05) is 19.0 Å². The molecule has 0 radical (unpaired) electrons. The zero-order valence-electron chi connectivity index (χ0n) is 10.1. The van der Waals surface area contributed by atoms with Crippen LogP contribution in [0.1, 0.15) is 46.0 Å². The number of hydrogen-bond acceptors (Lipinski definition) is 1.